The molecule has 1 aromatic rings. The third-order valence-electron chi connectivity index (χ3n) is 4.95. The average Bonchev–Trinajstić information content (AvgIpc) is 3.15. The van der Waals surface area contributed by atoms with Crippen molar-refractivity contribution in [1.82, 2.24) is 15.5 Å². The molecule has 0 amide bonds. The molecule has 1 saturated heterocycles. The number of guanidine groups is 1. The van der Waals surface area contributed by atoms with Gasteiger partial charge >= 0.3 is 0 Å². The molecule has 1 fully saturated rings. The monoisotopic (exact) mass is 572 g/mol. The fraction of sp³-hybridized carbons (Fsp3) is 0.750. The van der Waals surface area contributed by atoms with Crippen LogP contribution in [0.5, 0.6) is 0 Å². The number of halogens is 1. The lowest BCUT2D eigenvalue weighted by Crippen LogP contribution is -2.45. The zero-order valence-electron chi connectivity index (χ0n) is 18.7. The lowest BCUT2D eigenvalue weighted by molar-refractivity contribution is -0.0327. The molecule has 0 bridgehead atoms. The van der Waals surface area contributed by atoms with Crippen LogP contribution in [0.1, 0.15) is 45.5 Å². The smallest absolute Gasteiger partial charge is 0.191 e. The minimum Gasteiger partial charge on any atom is -0.376 e. The first kappa shape index (κ1) is 27.6. The summed E-state index contributed by atoms with van der Waals surface area (Å²) in [6.07, 6.45) is 0.212. The molecule has 1 aliphatic heterocycles. The van der Waals surface area contributed by atoms with Crippen LogP contribution in [0.15, 0.2) is 22.5 Å². The third kappa shape index (κ3) is 8.25. The van der Waals surface area contributed by atoms with E-state index in [1.807, 2.05) is 6.92 Å². The Labute approximate surface area is 203 Å². The highest BCUT2D eigenvalue weighted by atomic mass is 127. The highest BCUT2D eigenvalue weighted by Gasteiger charge is 2.29. The molecule has 2 heterocycles. The number of aliphatic imine (C=N–C) groups is 1. The number of nitrogens with zero attached hydrogens (tertiary/aromatic N) is 2. The molecule has 10 heteroatoms. The van der Waals surface area contributed by atoms with Crippen molar-refractivity contribution in [3.63, 3.8) is 0 Å². The van der Waals surface area contributed by atoms with E-state index in [-0.39, 0.29) is 41.9 Å². The highest BCUT2D eigenvalue weighted by molar-refractivity contribution is 14.0. The Balaban J connectivity index is 0.00000450. The molecule has 0 saturated carbocycles. The molecule has 0 aliphatic carbocycles. The number of morpholine rings is 1. The molecule has 2 N–H and O–H groups in total. The minimum absolute atomic E-state index is 0. The number of hydrogen-bond acceptors (Lipinski definition) is 6. The van der Waals surface area contributed by atoms with Gasteiger partial charge in [-0.15, -0.1) is 35.3 Å². The summed E-state index contributed by atoms with van der Waals surface area (Å²) >= 11 is 1.74. The second kappa shape index (κ2) is 12.6. The minimum atomic E-state index is -3.16. The van der Waals surface area contributed by atoms with E-state index in [0.717, 1.165) is 26.2 Å². The standard InChI is InChI=1S/C20H36N4O3S2.HI/c1-6-21-19(22-9-13-29(25,26)20(3,4)5)23-14-17(18-8-7-12-28-18)24-10-11-27-16(2)15-24;/h7-8,12,16-17H,6,9-11,13-15H2,1-5H3,(H2,21,22,23);1H. The Bertz CT molecular complexity index is 749. The summed E-state index contributed by atoms with van der Waals surface area (Å²) in [5, 5.41) is 8.50. The van der Waals surface area contributed by atoms with Gasteiger partial charge in [0.25, 0.3) is 0 Å². The fourth-order valence-corrected chi connectivity index (χ4v) is 4.96. The van der Waals surface area contributed by atoms with E-state index in [0.29, 0.717) is 19.0 Å². The molecule has 174 valence electrons. The van der Waals surface area contributed by atoms with Gasteiger partial charge in [0.15, 0.2) is 15.8 Å². The molecular formula is C20H37IN4O3S2. The van der Waals surface area contributed by atoms with Gasteiger partial charge in [-0.1, -0.05) is 6.07 Å². The zero-order valence-corrected chi connectivity index (χ0v) is 22.6. The van der Waals surface area contributed by atoms with E-state index in [1.165, 1.54) is 4.88 Å². The zero-order chi connectivity index (χ0) is 21.5. The molecule has 2 unspecified atom stereocenters. The number of thiophene rings is 1. The first-order chi connectivity index (χ1) is 13.6. The SMILES string of the molecule is CCNC(=NCC(c1cccs1)N1CCOC(C)C1)NCCS(=O)(=O)C(C)(C)C.I. The van der Waals surface area contributed by atoms with E-state index in [2.05, 4.69) is 40.0 Å². The van der Waals surface area contributed by atoms with Crippen molar-refractivity contribution in [2.24, 2.45) is 4.99 Å². The largest absolute Gasteiger partial charge is 0.376 e. The quantitative estimate of drug-likeness (QED) is 0.283. The van der Waals surface area contributed by atoms with Gasteiger partial charge in [0, 0.05) is 31.1 Å². The Morgan fingerprint density at radius 2 is 2.13 bits per heavy atom. The van der Waals surface area contributed by atoms with Crippen molar-refractivity contribution in [3.05, 3.63) is 22.4 Å². The number of ether oxygens (including phenoxy) is 1. The van der Waals surface area contributed by atoms with Crippen molar-refractivity contribution in [3.8, 4) is 0 Å². The van der Waals surface area contributed by atoms with E-state index >= 15 is 0 Å². The summed E-state index contributed by atoms with van der Waals surface area (Å²) in [4.78, 5) is 8.49. The first-order valence-electron chi connectivity index (χ1n) is 10.3. The van der Waals surface area contributed by atoms with Gasteiger partial charge in [-0.2, -0.15) is 0 Å². The average molecular weight is 573 g/mol. The summed E-state index contributed by atoms with van der Waals surface area (Å²) in [6.45, 7) is 13.5. The summed E-state index contributed by atoms with van der Waals surface area (Å²) in [7, 11) is -3.16. The fourth-order valence-electron chi connectivity index (χ4n) is 3.12. The maximum atomic E-state index is 12.3. The Morgan fingerprint density at radius 1 is 1.40 bits per heavy atom. The lowest BCUT2D eigenvalue weighted by Gasteiger charge is -2.36. The van der Waals surface area contributed by atoms with Crippen LogP contribution in [0, 0.1) is 0 Å². The van der Waals surface area contributed by atoms with Crippen molar-refractivity contribution < 1.29 is 13.2 Å². The van der Waals surface area contributed by atoms with Crippen molar-refractivity contribution >= 4 is 51.1 Å². The molecule has 0 radical (unpaired) electrons. The summed E-state index contributed by atoms with van der Waals surface area (Å²) < 4.78 is 29.6. The second-order valence-electron chi connectivity index (χ2n) is 8.29. The van der Waals surface area contributed by atoms with Crippen LogP contribution < -0.4 is 10.6 Å². The van der Waals surface area contributed by atoms with E-state index in [4.69, 9.17) is 9.73 Å². The second-order valence-corrected chi connectivity index (χ2v) is 12.1. The Morgan fingerprint density at radius 3 is 2.70 bits per heavy atom. The predicted molar refractivity (Wildman–Crippen MR) is 137 cm³/mol. The molecule has 0 aromatic carbocycles. The van der Waals surface area contributed by atoms with Gasteiger partial charge in [0.05, 0.1) is 35.8 Å². The van der Waals surface area contributed by atoms with Gasteiger partial charge in [0.1, 0.15) is 0 Å². The van der Waals surface area contributed by atoms with Crippen molar-refractivity contribution in [2.45, 2.75) is 51.5 Å². The topological polar surface area (TPSA) is 83.0 Å². The predicted octanol–water partition coefficient (Wildman–Crippen LogP) is 2.90. The van der Waals surface area contributed by atoms with Crippen molar-refractivity contribution in [2.75, 3.05) is 45.1 Å². The molecule has 2 atom stereocenters. The van der Waals surface area contributed by atoms with Crippen LogP contribution in [0.3, 0.4) is 0 Å². The van der Waals surface area contributed by atoms with Gasteiger partial charge in [-0.05, 0) is 46.1 Å². The van der Waals surface area contributed by atoms with Crippen LogP contribution in [0.2, 0.25) is 0 Å². The molecule has 1 aliphatic rings. The van der Waals surface area contributed by atoms with Crippen LogP contribution in [-0.2, 0) is 14.6 Å². The van der Waals surface area contributed by atoms with Gasteiger partial charge in [-0.3, -0.25) is 9.89 Å². The van der Waals surface area contributed by atoms with Crippen LogP contribution in [0.4, 0.5) is 0 Å². The van der Waals surface area contributed by atoms with E-state index < -0.39 is 14.6 Å². The third-order valence-corrected chi connectivity index (χ3v) is 8.53. The molecule has 0 spiro atoms. The Hall–Kier alpha value is -0.430. The van der Waals surface area contributed by atoms with Gasteiger partial charge in [-0.25, -0.2) is 8.42 Å². The van der Waals surface area contributed by atoms with Crippen LogP contribution in [0.25, 0.3) is 0 Å². The number of hydrogen-bond donors (Lipinski definition) is 2. The van der Waals surface area contributed by atoms with Gasteiger partial charge in [0.2, 0.25) is 0 Å². The first-order valence-corrected chi connectivity index (χ1v) is 12.8. The number of sulfone groups is 1. The van der Waals surface area contributed by atoms with Crippen LogP contribution >= 0.6 is 35.3 Å². The highest BCUT2D eigenvalue weighted by Crippen LogP contribution is 2.27. The lowest BCUT2D eigenvalue weighted by atomic mass is 10.1. The van der Waals surface area contributed by atoms with E-state index in [9.17, 15) is 8.42 Å². The molecule has 7 nitrogen and oxygen atoms in total. The molecule has 1 aromatic heterocycles. The van der Waals surface area contributed by atoms with Crippen LogP contribution in [-0.4, -0.2) is 75.2 Å². The molecule has 30 heavy (non-hydrogen) atoms. The summed E-state index contributed by atoms with van der Waals surface area (Å²) in [6, 6.07) is 4.41. The number of nitrogens with one attached hydrogen (secondary N) is 2. The molecule has 2 rings (SSSR count). The maximum Gasteiger partial charge on any atom is 0.191 e. The molecular weight excluding hydrogens is 535 g/mol. The van der Waals surface area contributed by atoms with Crippen molar-refractivity contribution in [1.29, 1.82) is 0 Å². The summed E-state index contributed by atoms with van der Waals surface area (Å²) in [5.74, 6) is 0.732. The van der Waals surface area contributed by atoms with Gasteiger partial charge < -0.3 is 15.4 Å². The maximum absolute atomic E-state index is 12.3. The van der Waals surface area contributed by atoms with E-state index in [1.54, 1.807) is 32.1 Å². The normalized spacial score (nSPS) is 19.8. The Kier molecular flexibility index (Phi) is 11.6. The number of rotatable bonds is 8. The summed E-state index contributed by atoms with van der Waals surface area (Å²) in [5.41, 5.74) is 0.